The van der Waals surface area contributed by atoms with Gasteiger partial charge in [-0.2, -0.15) is 0 Å². The maximum absolute atomic E-state index is 12.4. The largest absolute Gasteiger partial charge is 0.480 e. The number of rotatable bonds is 6. The molecule has 2 aliphatic rings. The molecule has 0 unspecified atom stereocenters. The first-order valence-corrected chi connectivity index (χ1v) is 8.82. The van der Waals surface area contributed by atoms with E-state index < -0.39 is 5.97 Å². The molecule has 3 rings (SSSR count). The number of benzene rings is 1. The Morgan fingerprint density at radius 1 is 1.17 bits per heavy atom. The number of hydrogen-bond donors (Lipinski definition) is 1. The maximum Gasteiger partial charge on any atom is 0.317 e. The Hall–Kier alpha value is -1.88. The molecule has 1 aromatic carbocycles. The molecular formula is C19H26N2O3. The number of nitrogens with zero attached hydrogens (tertiary/aromatic N) is 2. The predicted molar refractivity (Wildman–Crippen MR) is 91.7 cm³/mol. The van der Waals surface area contributed by atoms with Crippen LogP contribution in [0.5, 0.6) is 0 Å². The number of aliphatic carboxylic acids is 1. The Morgan fingerprint density at radius 2 is 1.88 bits per heavy atom. The van der Waals surface area contributed by atoms with Crippen LogP contribution in [0.1, 0.15) is 31.2 Å². The van der Waals surface area contributed by atoms with Gasteiger partial charge >= 0.3 is 5.97 Å². The topological polar surface area (TPSA) is 60.9 Å². The van der Waals surface area contributed by atoms with E-state index in [1.807, 2.05) is 15.9 Å². The van der Waals surface area contributed by atoms with Gasteiger partial charge in [0.15, 0.2) is 0 Å². The lowest BCUT2D eigenvalue weighted by atomic mass is 9.77. The first kappa shape index (κ1) is 17.0. The van der Waals surface area contributed by atoms with E-state index in [-0.39, 0.29) is 17.9 Å². The third-order valence-corrected chi connectivity index (χ3v) is 5.42. The molecule has 0 saturated carbocycles. The van der Waals surface area contributed by atoms with Gasteiger partial charge in [0.2, 0.25) is 5.91 Å². The number of carboxylic acid groups (broad SMARTS) is 1. The summed E-state index contributed by atoms with van der Waals surface area (Å²) in [5.74, 6) is -0.495. The lowest BCUT2D eigenvalue weighted by molar-refractivity contribution is -0.139. The fourth-order valence-corrected chi connectivity index (χ4v) is 4.02. The molecule has 2 saturated heterocycles. The molecule has 0 atom stereocenters. The highest BCUT2D eigenvalue weighted by atomic mass is 16.4. The minimum Gasteiger partial charge on any atom is -0.480 e. The molecule has 5 heteroatoms. The Balaban J connectivity index is 1.46. The number of carboxylic acids is 1. The molecule has 5 nitrogen and oxygen atoms in total. The molecule has 2 heterocycles. The number of amides is 1. The second-order valence-corrected chi connectivity index (χ2v) is 7.25. The van der Waals surface area contributed by atoms with Crippen molar-refractivity contribution in [2.45, 2.75) is 32.1 Å². The van der Waals surface area contributed by atoms with Crippen molar-refractivity contribution in [3.63, 3.8) is 0 Å². The molecule has 2 fully saturated rings. The fraction of sp³-hybridized carbons (Fsp3) is 0.579. The van der Waals surface area contributed by atoms with E-state index in [2.05, 4.69) is 24.3 Å². The minimum atomic E-state index is -0.768. The summed E-state index contributed by atoms with van der Waals surface area (Å²) in [5.41, 5.74) is 1.40. The summed E-state index contributed by atoms with van der Waals surface area (Å²) < 4.78 is 0. The molecule has 0 radical (unpaired) electrons. The van der Waals surface area contributed by atoms with Crippen LogP contribution in [0, 0.1) is 5.41 Å². The molecule has 2 aliphatic heterocycles. The first-order chi connectivity index (χ1) is 11.6. The first-order valence-electron chi connectivity index (χ1n) is 8.82. The summed E-state index contributed by atoms with van der Waals surface area (Å²) in [6.07, 6.45) is 4.50. The van der Waals surface area contributed by atoms with E-state index in [1.165, 1.54) is 5.56 Å². The third kappa shape index (κ3) is 4.15. The van der Waals surface area contributed by atoms with Crippen molar-refractivity contribution < 1.29 is 14.7 Å². The average Bonchev–Trinajstić information content (AvgIpc) is 2.86. The Morgan fingerprint density at radius 3 is 2.54 bits per heavy atom. The third-order valence-electron chi connectivity index (χ3n) is 5.42. The van der Waals surface area contributed by atoms with Crippen molar-refractivity contribution in [1.29, 1.82) is 0 Å². The zero-order chi connectivity index (χ0) is 17.0. The highest BCUT2D eigenvalue weighted by molar-refractivity contribution is 5.79. The van der Waals surface area contributed by atoms with E-state index in [4.69, 9.17) is 5.11 Å². The minimum absolute atomic E-state index is 0.0822. The van der Waals surface area contributed by atoms with Gasteiger partial charge in [-0.15, -0.1) is 0 Å². The quantitative estimate of drug-likeness (QED) is 0.867. The van der Waals surface area contributed by atoms with Crippen LogP contribution in [0.25, 0.3) is 0 Å². The number of piperidine rings is 1. The summed E-state index contributed by atoms with van der Waals surface area (Å²) in [4.78, 5) is 27.2. The van der Waals surface area contributed by atoms with Crippen molar-refractivity contribution >= 4 is 11.9 Å². The Labute approximate surface area is 143 Å². The Kier molecular flexibility index (Phi) is 5.19. The van der Waals surface area contributed by atoms with Crippen LogP contribution in [0.4, 0.5) is 0 Å². The van der Waals surface area contributed by atoms with Crippen molar-refractivity contribution in [3.8, 4) is 0 Å². The number of carbonyl (C=O) groups is 2. The summed E-state index contributed by atoms with van der Waals surface area (Å²) in [5, 5.41) is 8.89. The monoisotopic (exact) mass is 330 g/mol. The maximum atomic E-state index is 12.4. The molecule has 130 valence electrons. The number of aryl methyl sites for hydroxylation is 1. The van der Waals surface area contributed by atoms with Gasteiger partial charge in [-0.25, -0.2) is 0 Å². The number of hydrogen-bond acceptors (Lipinski definition) is 3. The predicted octanol–water partition coefficient (Wildman–Crippen LogP) is 2.02. The zero-order valence-electron chi connectivity index (χ0n) is 14.1. The summed E-state index contributed by atoms with van der Waals surface area (Å²) in [6, 6.07) is 10.4. The molecule has 1 N–H and O–H groups in total. The van der Waals surface area contributed by atoms with Gasteiger partial charge in [-0.1, -0.05) is 30.3 Å². The summed E-state index contributed by atoms with van der Waals surface area (Å²) in [6.45, 7) is 3.37. The lowest BCUT2D eigenvalue weighted by Gasteiger charge is -2.38. The van der Waals surface area contributed by atoms with Crippen LogP contribution in [-0.2, 0) is 16.0 Å². The lowest BCUT2D eigenvalue weighted by Crippen LogP contribution is -2.43. The van der Waals surface area contributed by atoms with Crippen LogP contribution in [0.3, 0.4) is 0 Å². The second-order valence-electron chi connectivity index (χ2n) is 7.25. The van der Waals surface area contributed by atoms with Crippen LogP contribution < -0.4 is 0 Å². The molecule has 0 aliphatic carbocycles. The van der Waals surface area contributed by atoms with Gasteiger partial charge < -0.3 is 10.0 Å². The van der Waals surface area contributed by atoms with Crippen LogP contribution in [0.2, 0.25) is 0 Å². The SMILES string of the molecule is O=C(O)CN1CCC2(CC1)CC(=O)N(CCCc1ccccc1)C2. The van der Waals surface area contributed by atoms with Crippen molar-refractivity contribution in [1.82, 2.24) is 9.80 Å². The molecule has 24 heavy (non-hydrogen) atoms. The van der Waals surface area contributed by atoms with Crippen LogP contribution in [0.15, 0.2) is 30.3 Å². The molecule has 1 amide bonds. The molecule has 1 aromatic rings. The fourth-order valence-electron chi connectivity index (χ4n) is 4.02. The summed E-state index contributed by atoms with van der Waals surface area (Å²) in [7, 11) is 0. The van der Waals surface area contributed by atoms with Gasteiger partial charge in [0.25, 0.3) is 0 Å². The van der Waals surface area contributed by atoms with Gasteiger partial charge in [-0.05, 0) is 49.8 Å². The standard InChI is InChI=1S/C19H26N2O3/c22-17-13-19(8-11-20(12-9-19)14-18(23)24)15-21(17)10-4-7-16-5-2-1-3-6-16/h1-3,5-6H,4,7-15H2,(H,23,24). The van der Waals surface area contributed by atoms with E-state index in [1.54, 1.807) is 0 Å². The molecule has 0 aromatic heterocycles. The molecular weight excluding hydrogens is 304 g/mol. The highest BCUT2D eigenvalue weighted by Crippen LogP contribution is 2.40. The van der Waals surface area contributed by atoms with E-state index in [9.17, 15) is 9.59 Å². The van der Waals surface area contributed by atoms with E-state index in [0.29, 0.717) is 6.42 Å². The highest BCUT2D eigenvalue weighted by Gasteiger charge is 2.44. The van der Waals surface area contributed by atoms with Gasteiger partial charge in [0, 0.05) is 19.5 Å². The van der Waals surface area contributed by atoms with Crippen molar-refractivity contribution in [2.24, 2.45) is 5.41 Å². The summed E-state index contributed by atoms with van der Waals surface area (Å²) >= 11 is 0. The Bertz CT molecular complexity index is 580. The van der Waals surface area contributed by atoms with Crippen LogP contribution >= 0.6 is 0 Å². The molecule has 1 spiro atoms. The van der Waals surface area contributed by atoms with Gasteiger partial charge in [-0.3, -0.25) is 14.5 Å². The zero-order valence-corrected chi connectivity index (χ0v) is 14.1. The van der Waals surface area contributed by atoms with Gasteiger partial charge in [0.1, 0.15) is 0 Å². The van der Waals surface area contributed by atoms with E-state index >= 15 is 0 Å². The van der Waals surface area contributed by atoms with E-state index in [0.717, 1.165) is 51.9 Å². The number of likely N-dealkylation sites (tertiary alicyclic amines) is 2. The average molecular weight is 330 g/mol. The van der Waals surface area contributed by atoms with Gasteiger partial charge in [0.05, 0.1) is 6.54 Å². The number of carbonyl (C=O) groups excluding carboxylic acids is 1. The smallest absolute Gasteiger partial charge is 0.317 e. The van der Waals surface area contributed by atoms with Crippen molar-refractivity contribution in [2.75, 3.05) is 32.7 Å². The van der Waals surface area contributed by atoms with Crippen LogP contribution in [-0.4, -0.2) is 59.5 Å². The van der Waals surface area contributed by atoms with Crippen molar-refractivity contribution in [3.05, 3.63) is 35.9 Å². The molecule has 0 bridgehead atoms. The normalized spacial score (nSPS) is 20.7. The second kappa shape index (κ2) is 7.34.